The van der Waals surface area contributed by atoms with Crippen molar-refractivity contribution in [2.24, 2.45) is 0 Å². The van der Waals surface area contributed by atoms with E-state index in [2.05, 4.69) is 25.9 Å². The van der Waals surface area contributed by atoms with Crippen LogP contribution in [0.5, 0.6) is 0 Å². The molecule has 1 aromatic heterocycles. The molecule has 1 aromatic carbocycles. The summed E-state index contributed by atoms with van der Waals surface area (Å²) in [6.07, 6.45) is 0.226. The Kier molecular flexibility index (Phi) is 3.73. The van der Waals surface area contributed by atoms with Gasteiger partial charge in [-0.05, 0) is 36.6 Å². The van der Waals surface area contributed by atoms with E-state index in [1.54, 1.807) is 0 Å². The van der Waals surface area contributed by atoms with Crippen molar-refractivity contribution >= 4 is 21.9 Å². The number of carbonyl (C=O) groups is 1. The number of rotatable bonds is 3. The number of hydrogen-bond acceptors (Lipinski definition) is 3. The number of halogens is 1. The van der Waals surface area contributed by atoms with Crippen molar-refractivity contribution in [2.75, 3.05) is 0 Å². The minimum Gasteiger partial charge on any atom is -0.476 e. The molecule has 5 nitrogen and oxygen atoms in total. The van der Waals surface area contributed by atoms with E-state index in [-0.39, 0.29) is 11.4 Å². The number of aliphatic hydroxyl groups excluding tert-OH is 1. The first-order chi connectivity index (χ1) is 8.91. The summed E-state index contributed by atoms with van der Waals surface area (Å²) in [5.41, 5.74) is 2.53. The van der Waals surface area contributed by atoms with E-state index in [9.17, 15) is 9.90 Å². The van der Waals surface area contributed by atoms with Crippen LogP contribution in [0, 0.1) is 13.8 Å². The van der Waals surface area contributed by atoms with Crippen molar-refractivity contribution in [3.8, 4) is 0 Å². The summed E-state index contributed by atoms with van der Waals surface area (Å²) in [6, 6.07) is 3.72. The van der Waals surface area contributed by atoms with Gasteiger partial charge in [0.25, 0.3) is 0 Å². The van der Waals surface area contributed by atoms with Gasteiger partial charge in [0.2, 0.25) is 0 Å². The second kappa shape index (κ2) is 5.14. The maximum atomic E-state index is 11.0. The zero-order chi connectivity index (χ0) is 14.2. The van der Waals surface area contributed by atoms with Crippen LogP contribution in [0.15, 0.2) is 22.9 Å². The Bertz CT molecular complexity index is 637. The quantitative estimate of drug-likeness (QED) is 0.809. The van der Waals surface area contributed by atoms with E-state index in [1.165, 1.54) is 6.33 Å². The smallest absolute Gasteiger partial charge is 0.356 e. The number of H-pyrrole nitrogens is 1. The maximum absolute atomic E-state index is 11.0. The number of carboxylic acid groups (broad SMARTS) is 1. The van der Waals surface area contributed by atoms with Gasteiger partial charge in [-0.1, -0.05) is 22.0 Å². The molecule has 0 aliphatic rings. The third-order valence-electron chi connectivity index (χ3n) is 2.99. The third-order valence-corrected chi connectivity index (χ3v) is 3.84. The maximum Gasteiger partial charge on any atom is 0.356 e. The summed E-state index contributed by atoms with van der Waals surface area (Å²) >= 11 is 3.42. The number of nitrogens with one attached hydrogen (secondary N) is 1. The molecule has 1 heterocycles. The van der Waals surface area contributed by atoms with Gasteiger partial charge in [-0.15, -0.1) is 0 Å². The molecule has 2 rings (SSSR count). The number of aryl methyl sites for hydroxylation is 2. The first-order valence-corrected chi connectivity index (χ1v) is 6.42. The van der Waals surface area contributed by atoms with Crippen molar-refractivity contribution in [1.82, 2.24) is 9.97 Å². The molecule has 19 heavy (non-hydrogen) atoms. The predicted octanol–water partition coefficient (Wildman–Crippen LogP) is 2.57. The highest BCUT2D eigenvalue weighted by Crippen LogP contribution is 2.29. The normalized spacial score (nSPS) is 12.4. The lowest BCUT2D eigenvalue weighted by molar-refractivity contribution is 0.0685. The molecule has 0 fully saturated rings. The van der Waals surface area contributed by atoms with Gasteiger partial charge in [0.15, 0.2) is 5.69 Å². The van der Waals surface area contributed by atoms with Crippen LogP contribution in [0.2, 0.25) is 0 Å². The fourth-order valence-corrected chi connectivity index (χ4v) is 2.39. The van der Waals surface area contributed by atoms with Crippen LogP contribution in [-0.4, -0.2) is 26.2 Å². The lowest BCUT2D eigenvalue weighted by atomic mass is 9.98. The highest BCUT2D eigenvalue weighted by molar-refractivity contribution is 9.10. The number of aromatic nitrogens is 2. The minimum atomic E-state index is -1.17. The standard InChI is InChI=1S/C13H13BrN2O3/c1-6-4-9(14)7(2)3-8(6)12(17)10-11(13(18)19)16-5-15-10/h3-5,12,17H,1-2H3,(H,15,16)(H,18,19). The van der Waals surface area contributed by atoms with Gasteiger partial charge in [-0.2, -0.15) is 0 Å². The second-order valence-corrected chi connectivity index (χ2v) is 5.18. The lowest BCUT2D eigenvalue weighted by Gasteiger charge is -2.15. The molecule has 3 N–H and O–H groups in total. The molecule has 0 saturated carbocycles. The van der Waals surface area contributed by atoms with Gasteiger partial charge in [0.05, 0.1) is 12.0 Å². The summed E-state index contributed by atoms with van der Waals surface area (Å²) in [4.78, 5) is 17.4. The van der Waals surface area contributed by atoms with Gasteiger partial charge in [-0.25, -0.2) is 9.78 Å². The predicted molar refractivity (Wildman–Crippen MR) is 73.2 cm³/mol. The number of benzene rings is 1. The lowest BCUT2D eigenvalue weighted by Crippen LogP contribution is -2.09. The molecular formula is C13H13BrN2O3. The number of carboxylic acids is 1. The molecule has 0 radical (unpaired) electrons. The van der Waals surface area contributed by atoms with Gasteiger partial charge in [-0.3, -0.25) is 0 Å². The Morgan fingerprint density at radius 3 is 2.68 bits per heavy atom. The summed E-state index contributed by atoms with van der Waals surface area (Å²) in [7, 11) is 0. The first-order valence-electron chi connectivity index (χ1n) is 5.63. The zero-order valence-electron chi connectivity index (χ0n) is 10.4. The Hall–Kier alpha value is -1.66. The highest BCUT2D eigenvalue weighted by Gasteiger charge is 2.23. The van der Waals surface area contributed by atoms with E-state index >= 15 is 0 Å². The van der Waals surface area contributed by atoms with E-state index in [4.69, 9.17) is 5.11 Å². The van der Waals surface area contributed by atoms with Crippen LogP contribution in [0.3, 0.4) is 0 Å². The average molecular weight is 325 g/mol. The summed E-state index contributed by atoms with van der Waals surface area (Å²) in [5.74, 6) is -1.17. The number of aliphatic hydroxyl groups is 1. The molecule has 2 aromatic rings. The molecule has 0 saturated heterocycles. The van der Waals surface area contributed by atoms with E-state index in [0.29, 0.717) is 5.56 Å². The molecule has 0 aliphatic heterocycles. The molecule has 0 bridgehead atoms. The van der Waals surface area contributed by atoms with Crippen LogP contribution in [-0.2, 0) is 0 Å². The van der Waals surface area contributed by atoms with Crippen molar-refractivity contribution in [3.05, 3.63) is 51.0 Å². The third kappa shape index (κ3) is 2.54. The van der Waals surface area contributed by atoms with E-state index in [1.807, 2.05) is 26.0 Å². The number of hydrogen-bond donors (Lipinski definition) is 3. The van der Waals surface area contributed by atoms with Gasteiger partial charge >= 0.3 is 5.97 Å². The molecule has 0 spiro atoms. The van der Waals surface area contributed by atoms with Crippen molar-refractivity contribution in [3.63, 3.8) is 0 Å². The number of imidazole rings is 1. The topological polar surface area (TPSA) is 86.2 Å². The van der Waals surface area contributed by atoms with Crippen LogP contribution in [0.1, 0.15) is 39.0 Å². The van der Waals surface area contributed by atoms with Crippen LogP contribution in [0.25, 0.3) is 0 Å². The molecule has 6 heteroatoms. The fourth-order valence-electron chi connectivity index (χ4n) is 1.94. The molecule has 1 unspecified atom stereocenters. The van der Waals surface area contributed by atoms with Gasteiger partial charge in [0.1, 0.15) is 6.10 Å². The SMILES string of the molecule is Cc1cc(C(O)c2[nH]cnc2C(=O)O)c(C)cc1Br. The van der Waals surface area contributed by atoms with E-state index in [0.717, 1.165) is 15.6 Å². The van der Waals surface area contributed by atoms with Gasteiger partial charge < -0.3 is 15.2 Å². The van der Waals surface area contributed by atoms with Crippen molar-refractivity contribution < 1.29 is 15.0 Å². The number of aromatic carboxylic acids is 1. The van der Waals surface area contributed by atoms with Crippen LogP contribution < -0.4 is 0 Å². The summed E-state index contributed by atoms with van der Waals surface area (Å²) in [6.45, 7) is 3.77. The Morgan fingerprint density at radius 2 is 2.05 bits per heavy atom. The van der Waals surface area contributed by atoms with Crippen molar-refractivity contribution in [2.45, 2.75) is 20.0 Å². The van der Waals surface area contributed by atoms with Crippen LogP contribution >= 0.6 is 15.9 Å². The Morgan fingerprint density at radius 1 is 1.37 bits per heavy atom. The second-order valence-electron chi connectivity index (χ2n) is 4.33. The number of nitrogens with zero attached hydrogens (tertiary/aromatic N) is 1. The van der Waals surface area contributed by atoms with E-state index < -0.39 is 12.1 Å². The van der Waals surface area contributed by atoms with Crippen molar-refractivity contribution in [1.29, 1.82) is 0 Å². The zero-order valence-corrected chi connectivity index (χ0v) is 12.0. The fraction of sp³-hybridized carbons (Fsp3) is 0.231. The Balaban J connectivity index is 2.50. The van der Waals surface area contributed by atoms with Crippen LogP contribution in [0.4, 0.5) is 0 Å². The highest BCUT2D eigenvalue weighted by atomic mass is 79.9. The average Bonchev–Trinajstić information content (AvgIpc) is 2.82. The molecule has 1 atom stereocenters. The summed E-state index contributed by atoms with van der Waals surface area (Å²) in [5, 5.41) is 19.4. The first kappa shape index (κ1) is 13.8. The molecule has 100 valence electrons. The molecule has 0 aliphatic carbocycles. The Labute approximate surface area is 118 Å². The monoisotopic (exact) mass is 324 g/mol. The van der Waals surface area contributed by atoms with Gasteiger partial charge in [0, 0.05) is 4.47 Å². The largest absolute Gasteiger partial charge is 0.476 e. The molecular weight excluding hydrogens is 312 g/mol. The molecule has 0 amide bonds. The number of aromatic amines is 1. The minimum absolute atomic E-state index is 0.160. The summed E-state index contributed by atoms with van der Waals surface area (Å²) < 4.78 is 0.948.